The number of para-hydroxylation sites is 1. The number of ether oxygens (including phenoxy) is 2. The number of benzene rings is 2. The Kier molecular flexibility index (Phi) is 7.00. The first-order valence-corrected chi connectivity index (χ1v) is 9.54. The monoisotopic (exact) mass is 385 g/mol. The van der Waals surface area contributed by atoms with E-state index >= 15 is 0 Å². The Morgan fingerprint density at radius 3 is 2.46 bits per heavy atom. The molecule has 5 nitrogen and oxygen atoms in total. The molecule has 1 saturated carbocycles. The summed E-state index contributed by atoms with van der Waals surface area (Å²) in [7, 11) is 0. The molecule has 0 heterocycles. The summed E-state index contributed by atoms with van der Waals surface area (Å²) in [4.78, 5) is 24.4. The molecule has 0 atom stereocenters. The van der Waals surface area contributed by atoms with Gasteiger partial charge in [0, 0.05) is 6.04 Å². The van der Waals surface area contributed by atoms with Gasteiger partial charge < -0.3 is 14.8 Å². The van der Waals surface area contributed by atoms with Crippen LogP contribution in [0, 0.1) is 5.82 Å². The van der Waals surface area contributed by atoms with Crippen molar-refractivity contribution in [3.63, 3.8) is 0 Å². The van der Waals surface area contributed by atoms with Crippen LogP contribution in [0.1, 0.15) is 48.0 Å². The van der Waals surface area contributed by atoms with Crippen molar-refractivity contribution in [2.45, 2.75) is 44.8 Å². The molecule has 0 aliphatic heterocycles. The summed E-state index contributed by atoms with van der Waals surface area (Å²) in [5, 5.41) is 2.91. The first kappa shape index (κ1) is 19.9. The number of esters is 1. The zero-order chi connectivity index (χ0) is 19.8. The van der Waals surface area contributed by atoms with Crippen LogP contribution in [0.5, 0.6) is 5.75 Å². The number of rotatable bonds is 7. The molecule has 148 valence electrons. The Morgan fingerprint density at radius 2 is 1.71 bits per heavy atom. The van der Waals surface area contributed by atoms with Crippen LogP contribution in [0.4, 0.5) is 4.39 Å². The maximum Gasteiger partial charge on any atom is 0.342 e. The number of hydrogen-bond donors (Lipinski definition) is 1. The normalized spacial score (nSPS) is 14.3. The lowest BCUT2D eigenvalue weighted by atomic mass is 9.95. The van der Waals surface area contributed by atoms with Gasteiger partial charge >= 0.3 is 5.97 Å². The number of halogens is 1. The minimum atomic E-state index is -0.617. The Balaban J connectivity index is 1.53. The summed E-state index contributed by atoms with van der Waals surface area (Å²) in [6.07, 6.45) is 5.38. The molecule has 0 saturated heterocycles. The largest absolute Gasteiger partial charge is 0.488 e. The molecule has 0 bridgehead atoms. The molecule has 3 rings (SSSR count). The second-order valence-corrected chi connectivity index (χ2v) is 6.89. The highest BCUT2D eigenvalue weighted by molar-refractivity contribution is 5.94. The summed E-state index contributed by atoms with van der Waals surface area (Å²) in [6, 6.07) is 12.8. The fourth-order valence-corrected chi connectivity index (χ4v) is 3.23. The average Bonchev–Trinajstić information content (AvgIpc) is 2.72. The van der Waals surface area contributed by atoms with E-state index in [1.807, 2.05) is 0 Å². The molecule has 0 unspecified atom stereocenters. The van der Waals surface area contributed by atoms with E-state index in [0.717, 1.165) is 31.2 Å². The molecule has 1 fully saturated rings. The fraction of sp³-hybridized carbons (Fsp3) is 0.364. The number of hydrogen-bond acceptors (Lipinski definition) is 4. The molecular formula is C22H24FNO4. The first-order valence-electron chi connectivity index (χ1n) is 9.54. The van der Waals surface area contributed by atoms with Crippen molar-refractivity contribution < 1.29 is 23.5 Å². The predicted molar refractivity (Wildman–Crippen MR) is 102 cm³/mol. The van der Waals surface area contributed by atoms with Crippen LogP contribution in [0.25, 0.3) is 0 Å². The van der Waals surface area contributed by atoms with Crippen LogP contribution in [-0.2, 0) is 16.1 Å². The second-order valence-electron chi connectivity index (χ2n) is 6.89. The highest BCUT2D eigenvalue weighted by atomic mass is 19.1. The maximum atomic E-state index is 13.0. The molecule has 2 aromatic carbocycles. The van der Waals surface area contributed by atoms with Gasteiger partial charge in [0.05, 0.1) is 0 Å². The van der Waals surface area contributed by atoms with Gasteiger partial charge in [0.1, 0.15) is 23.7 Å². The highest BCUT2D eigenvalue weighted by Gasteiger charge is 2.18. The summed E-state index contributed by atoms with van der Waals surface area (Å²) in [5.74, 6) is -0.873. The molecule has 1 amide bonds. The number of carbonyl (C=O) groups excluding carboxylic acids is 2. The SMILES string of the molecule is O=C(COC(=O)c1ccccc1OCc1ccc(F)cc1)NC1CCCCC1. The van der Waals surface area contributed by atoms with Crippen molar-refractivity contribution in [2.24, 2.45) is 0 Å². The van der Waals surface area contributed by atoms with Crippen molar-refractivity contribution in [2.75, 3.05) is 6.61 Å². The summed E-state index contributed by atoms with van der Waals surface area (Å²) < 4.78 is 23.8. The van der Waals surface area contributed by atoms with Gasteiger partial charge in [-0.2, -0.15) is 0 Å². The van der Waals surface area contributed by atoms with Crippen molar-refractivity contribution in [1.82, 2.24) is 5.32 Å². The van der Waals surface area contributed by atoms with Crippen LogP contribution in [0.15, 0.2) is 48.5 Å². The fourth-order valence-electron chi connectivity index (χ4n) is 3.23. The molecular weight excluding hydrogens is 361 g/mol. The zero-order valence-corrected chi connectivity index (χ0v) is 15.7. The minimum absolute atomic E-state index is 0.172. The van der Waals surface area contributed by atoms with Crippen LogP contribution in [-0.4, -0.2) is 24.5 Å². The van der Waals surface area contributed by atoms with Crippen molar-refractivity contribution in [1.29, 1.82) is 0 Å². The van der Waals surface area contributed by atoms with E-state index in [1.54, 1.807) is 36.4 Å². The molecule has 6 heteroatoms. The van der Waals surface area contributed by atoms with Crippen LogP contribution < -0.4 is 10.1 Å². The van der Waals surface area contributed by atoms with E-state index in [1.165, 1.54) is 18.6 Å². The van der Waals surface area contributed by atoms with Crippen LogP contribution >= 0.6 is 0 Å². The lowest BCUT2D eigenvalue weighted by molar-refractivity contribution is -0.125. The van der Waals surface area contributed by atoms with Crippen molar-refractivity contribution >= 4 is 11.9 Å². The predicted octanol–water partition coefficient (Wildman–Crippen LogP) is 4.01. The maximum absolute atomic E-state index is 13.0. The van der Waals surface area contributed by atoms with E-state index < -0.39 is 5.97 Å². The lowest BCUT2D eigenvalue weighted by Crippen LogP contribution is -2.38. The molecule has 1 aliphatic carbocycles. The third-order valence-corrected chi connectivity index (χ3v) is 4.72. The van der Waals surface area contributed by atoms with E-state index in [4.69, 9.17) is 9.47 Å². The molecule has 1 aliphatic rings. The molecule has 1 N–H and O–H groups in total. The van der Waals surface area contributed by atoms with E-state index in [0.29, 0.717) is 5.75 Å². The van der Waals surface area contributed by atoms with Crippen molar-refractivity contribution in [3.05, 3.63) is 65.5 Å². The van der Waals surface area contributed by atoms with Gasteiger partial charge in [0.15, 0.2) is 6.61 Å². The Hall–Kier alpha value is -2.89. The summed E-state index contributed by atoms with van der Waals surface area (Å²) in [5.41, 5.74) is 1.02. The lowest BCUT2D eigenvalue weighted by Gasteiger charge is -2.22. The molecule has 0 radical (unpaired) electrons. The Bertz CT molecular complexity index is 800. The highest BCUT2D eigenvalue weighted by Crippen LogP contribution is 2.21. The zero-order valence-electron chi connectivity index (χ0n) is 15.7. The number of nitrogens with one attached hydrogen (secondary N) is 1. The van der Waals surface area contributed by atoms with Gasteiger partial charge in [-0.05, 0) is 42.7 Å². The van der Waals surface area contributed by atoms with Gasteiger partial charge in [-0.1, -0.05) is 43.5 Å². The Morgan fingerprint density at radius 1 is 1.00 bits per heavy atom. The summed E-state index contributed by atoms with van der Waals surface area (Å²) in [6.45, 7) is -0.131. The minimum Gasteiger partial charge on any atom is -0.488 e. The smallest absolute Gasteiger partial charge is 0.342 e. The Labute approximate surface area is 163 Å². The number of amides is 1. The van der Waals surface area contributed by atoms with Crippen LogP contribution in [0.2, 0.25) is 0 Å². The quantitative estimate of drug-likeness (QED) is 0.732. The van der Waals surface area contributed by atoms with E-state index in [2.05, 4.69) is 5.32 Å². The molecule has 0 spiro atoms. The van der Waals surface area contributed by atoms with E-state index in [9.17, 15) is 14.0 Å². The molecule has 28 heavy (non-hydrogen) atoms. The molecule has 0 aromatic heterocycles. The van der Waals surface area contributed by atoms with Crippen molar-refractivity contribution in [3.8, 4) is 5.75 Å². The van der Waals surface area contributed by atoms with Crippen LogP contribution in [0.3, 0.4) is 0 Å². The van der Waals surface area contributed by atoms with Gasteiger partial charge in [-0.15, -0.1) is 0 Å². The summed E-state index contributed by atoms with van der Waals surface area (Å²) >= 11 is 0. The number of carbonyl (C=O) groups is 2. The van der Waals surface area contributed by atoms with Gasteiger partial charge in [-0.25, -0.2) is 9.18 Å². The topological polar surface area (TPSA) is 64.6 Å². The standard InChI is InChI=1S/C22H24FNO4/c23-17-12-10-16(11-13-17)14-27-20-9-5-4-8-19(20)22(26)28-15-21(25)24-18-6-2-1-3-7-18/h4-5,8-13,18H,1-3,6-7,14-15H2,(H,24,25). The van der Waals surface area contributed by atoms with Gasteiger partial charge in [0.25, 0.3) is 5.91 Å². The van der Waals surface area contributed by atoms with E-state index in [-0.39, 0.29) is 36.5 Å². The molecule has 2 aromatic rings. The van der Waals surface area contributed by atoms with Gasteiger partial charge in [0.2, 0.25) is 0 Å². The third kappa shape index (κ3) is 5.81. The second kappa shape index (κ2) is 9.88. The average molecular weight is 385 g/mol. The van der Waals surface area contributed by atoms with Gasteiger partial charge in [-0.3, -0.25) is 4.79 Å². The first-order chi connectivity index (χ1) is 13.6. The third-order valence-electron chi connectivity index (χ3n) is 4.72.